The normalized spacial score (nSPS) is 18.7. The molecule has 1 aromatic carbocycles. The summed E-state index contributed by atoms with van der Waals surface area (Å²) in [6.07, 6.45) is 2.48. The van der Waals surface area contributed by atoms with Gasteiger partial charge in [-0.2, -0.15) is 0 Å². The highest BCUT2D eigenvalue weighted by Crippen LogP contribution is 2.34. The summed E-state index contributed by atoms with van der Waals surface area (Å²) in [5, 5.41) is 0. The van der Waals surface area contributed by atoms with Gasteiger partial charge in [-0.3, -0.25) is 0 Å². The van der Waals surface area contributed by atoms with Gasteiger partial charge < -0.3 is 16.2 Å². The third-order valence-corrected chi connectivity index (χ3v) is 3.52. The smallest absolute Gasteiger partial charge is 0.128 e. The Hall–Kier alpha value is -2.07. The van der Waals surface area contributed by atoms with Crippen LogP contribution in [0.2, 0.25) is 0 Å². The molecule has 19 heavy (non-hydrogen) atoms. The number of nitrogens with two attached hydrogens (primary N) is 2. The number of anilines is 1. The second kappa shape index (κ2) is 4.55. The lowest BCUT2D eigenvalue weighted by Gasteiger charge is -2.20. The van der Waals surface area contributed by atoms with E-state index in [2.05, 4.69) is 11.1 Å². The van der Waals surface area contributed by atoms with Crippen molar-refractivity contribution in [2.75, 3.05) is 5.73 Å². The monoisotopic (exact) mass is 255 g/mol. The summed E-state index contributed by atoms with van der Waals surface area (Å²) in [5.41, 5.74) is 15.3. The first kappa shape index (κ1) is 12.0. The fraction of sp³-hybridized carbons (Fsp3) is 0.267. The van der Waals surface area contributed by atoms with Crippen LogP contribution in [0.1, 0.15) is 22.7 Å². The number of ether oxygens (including phenoxy) is 1. The number of nitrogens with zero attached hydrogens (tertiary/aromatic N) is 1. The first-order valence-electron chi connectivity index (χ1n) is 6.37. The van der Waals surface area contributed by atoms with E-state index in [4.69, 9.17) is 16.2 Å². The maximum Gasteiger partial charge on any atom is 0.128 e. The second-order valence-corrected chi connectivity index (χ2v) is 4.98. The summed E-state index contributed by atoms with van der Waals surface area (Å²) in [4.78, 5) is 4.16. The SMILES string of the molecule is Cc1cnc(N)c(C(N)C2Cc3ccccc3O2)c1. The highest BCUT2D eigenvalue weighted by atomic mass is 16.5. The summed E-state index contributed by atoms with van der Waals surface area (Å²) in [5.74, 6) is 1.40. The van der Waals surface area contributed by atoms with Crippen LogP contribution in [-0.2, 0) is 6.42 Å². The molecule has 0 fully saturated rings. The van der Waals surface area contributed by atoms with Crippen molar-refractivity contribution in [2.24, 2.45) is 5.73 Å². The Morgan fingerprint density at radius 3 is 2.95 bits per heavy atom. The highest BCUT2D eigenvalue weighted by molar-refractivity contribution is 5.45. The van der Waals surface area contributed by atoms with Crippen molar-refractivity contribution in [3.63, 3.8) is 0 Å². The number of rotatable bonds is 2. The lowest BCUT2D eigenvalue weighted by Crippen LogP contribution is -2.31. The Balaban J connectivity index is 1.87. The number of nitrogen functional groups attached to an aromatic ring is 1. The van der Waals surface area contributed by atoms with Gasteiger partial charge in [-0.25, -0.2) is 4.98 Å². The number of fused-ring (bicyclic) bond motifs is 1. The number of pyridine rings is 1. The quantitative estimate of drug-likeness (QED) is 0.860. The molecule has 1 aliphatic rings. The minimum atomic E-state index is -0.264. The molecule has 0 aliphatic carbocycles. The van der Waals surface area contributed by atoms with Crippen LogP contribution < -0.4 is 16.2 Å². The topological polar surface area (TPSA) is 74.2 Å². The predicted molar refractivity (Wildman–Crippen MR) is 74.9 cm³/mol. The average Bonchev–Trinajstić information content (AvgIpc) is 2.84. The van der Waals surface area contributed by atoms with E-state index in [0.29, 0.717) is 5.82 Å². The predicted octanol–water partition coefficient (Wildman–Crippen LogP) is 1.98. The van der Waals surface area contributed by atoms with Gasteiger partial charge in [0, 0.05) is 18.2 Å². The molecule has 0 spiro atoms. The zero-order valence-corrected chi connectivity index (χ0v) is 10.8. The van der Waals surface area contributed by atoms with Gasteiger partial charge in [-0.1, -0.05) is 18.2 Å². The molecular weight excluding hydrogens is 238 g/mol. The van der Waals surface area contributed by atoms with Crippen LogP contribution >= 0.6 is 0 Å². The maximum atomic E-state index is 6.30. The highest BCUT2D eigenvalue weighted by Gasteiger charge is 2.30. The van der Waals surface area contributed by atoms with Crippen LogP contribution in [0, 0.1) is 6.92 Å². The van der Waals surface area contributed by atoms with Crippen LogP contribution in [0.3, 0.4) is 0 Å². The van der Waals surface area contributed by atoms with Crippen LogP contribution in [0.4, 0.5) is 5.82 Å². The molecule has 2 unspecified atom stereocenters. The lowest BCUT2D eigenvalue weighted by atomic mass is 9.98. The van der Waals surface area contributed by atoms with Gasteiger partial charge in [-0.05, 0) is 30.2 Å². The molecule has 0 saturated heterocycles. The van der Waals surface area contributed by atoms with Crippen LogP contribution in [0.15, 0.2) is 36.5 Å². The van der Waals surface area contributed by atoms with Crippen molar-refractivity contribution in [3.8, 4) is 5.75 Å². The molecule has 0 bridgehead atoms. The zero-order valence-electron chi connectivity index (χ0n) is 10.8. The van der Waals surface area contributed by atoms with Gasteiger partial charge in [0.1, 0.15) is 17.7 Å². The minimum absolute atomic E-state index is 0.0803. The number of hydrogen-bond acceptors (Lipinski definition) is 4. The van der Waals surface area contributed by atoms with Gasteiger partial charge in [-0.15, -0.1) is 0 Å². The second-order valence-electron chi connectivity index (χ2n) is 4.98. The molecule has 0 amide bonds. The lowest BCUT2D eigenvalue weighted by molar-refractivity contribution is 0.200. The van der Waals surface area contributed by atoms with Crippen molar-refractivity contribution < 1.29 is 4.74 Å². The molecule has 4 heteroatoms. The minimum Gasteiger partial charge on any atom is -0.488 e. The first-order valence-corrected chi connectivity index (χ1v) is 6.37. The van der Waals surface area contributed by atoms with E-state index in [-0.39, 0.29) is 12.1 Å². The van der Waals surface area contributed by atoms with E-state index >= 15 is 0 Å². The summed E-state index contributed by atoms with van der Waals surface area (Å²) in [7, 11) is 0. The van der Waals surface area contributed by atoms with E-state index in [0.717, 1.165) is 23.3 Å². The van der Waals surface area contributed by atoms with E-state index in [1.54, 1.807) is 6.20 Å². The van der Waals surface area contributed by atoms with Crippen LogP contribution in [0.25, 0.3) is 0 Å². The molecule has 4 nitrogen and oxygen atoms in total. The number of hydrogen-bond donors (Lipinski definition) is 2. The van der Waals surface area contributed by atoms with Crippen molar-refractivity contribution in [3.05, 3.63) is 53.2 Å². The van der Waals surface area contributed by atoms with E-state index in [9.17, 15) is 0 Å². The van der Waals surface area contributed by atoms with Crippen molar-refractivity contribution in [2.45, 2.75) is 25.5 Å². The van der Waals surface area contributed by atoms with Gasteiger partial charge >= 0.3 is 0 Å². The Kier molecular flexibility index (Phi) is 2.87. The van der Waals surface area contributed by atoms with Gasteiger partial charge in [0.15, 0.2) is 0 Å². The van der Waals surface area contributed by atoms with E-state index in [1.165, 1.54) is 5.56 Å². The molecule has 98 valence electrons. The van der Waals surface area contributed by atoms with Crippen LogP contribution in [-0.4, -0.2) is 11.1 Å². The fourth-order valence-corrected chi connectivity index (χ4v) is 2.48. The zero-order chi connectivity index (χ0) is 13.4. The summed E-state index contributed by atoms with van der Waals surface area (Å²) >= 11 is 0. The third-order valence-electron chi connectivity index (χ3n) is 3.52. The Morgan fingerprint density at radius 2 is 2.16 bits per heavy atom. The summed E-state index contributed by atoms with van der Waals surface area (Å²) < 4.78 is 5.91. The Labute approximate surface area is 112 Å². The number of aromatic nitrogens is 1. The number of aryl methyl sites for hydroxylation is 1. The maximum absolute atomic E-state index is 6.30. The molecule has 2 aromatic rings. The van der Waals surface area contributed by atoms with Gasteiger partial charge in [0.05, 0.1) is 6.04 Å². The molecule has 1 aliphatic heterocycles. The average molecular weight is 255 g/mol. The summed E-state index contributed by atoms with van der Waals surface area (Å²) in [6.45, 7) is 1.98. The van der Waals surface area contributed by atoms with Crippen LogP contribution in [0.5, 0.6) is 5.75 Å². The first-order chi connectivity index (χ1) is 9.15. The summed E-state index contributed by atoms with van der Waals surface area (Å²) in [6, 6.07) is 9.74. The fourth-order valence-electron chi connectivity index (χ4n) is 2.48. The Morgan fingerprint density at radius 1 is 1.37 bits per heavy atom. The molecular formula is C15H17N3O. The van der Waals surface area contributed by atoms with E-state index in [1.807, 2.05) is 31.2 Å². The number of benzene rings is 1. The molecule has 1 aromatic heterocycles. The molecule has 4 N–H and O–H groups in total. The van der Waals surface area contributed by atoms with Crippen molar-refractivity contribution in [1.29, 1.82) is 0 Å². The number of para-hydroxylation sites is 1. The van der Waals surface area contributed by atoms with E-state index < -0.39 is 0 Å². The molecule has 0 radical (unpaired) electrons. The van der Waals surface area contributed by atoms with Crippen molar-refractivity contribution in [1.82, 2.24) is 4.98 Å². The van der Waals surface area contributed by atoms with Gasteiger partial charge in [0.2, 0.25) is 0 Å². The molecule has 2 heterocycles. The molecule has 0 saturated carbocycles. The molecule has 3 rings (SSSR count). The van der Waals surface area contributed by atoms with Gasteiger partial charge in [0.25, 0.3) is 0 Å². The molecule has 2 atom stereocenters. The Bertz CT molecular complexity index is 587. The van der Waals surface area contributed by atoms with Crippen molar-refractivity contribution >= 4 is 5.82 Å². The standard InChI is InChI=1S/C15H17N3O/c1-9-6-11(15(17)18-8-9)14(16)13-7-10-4-2-3-5-12(10)19-13/h2-6,8,13-14H,7,16H2,1H3,(H2,17,18). The third kappa shape index (κ3) is 2.15. The largest absolute Gasteiger partial charge is 0.488 e.